The van der Waals surface area contributed by atoms with Crippen molar-refractivity contribution in [2.45, 2.75) is 52.9 Å². The zero-order valence-electron chi connectivity index (χ0n) is 18.0. The third-order valence-corrected chi connectivity index (χ3v) is 6.57. The Hall–Kier alpha value is -2.68. The van der Waals surface area contributed by atoms with Gasteiger partial charge in [-0.3, -0.25) is 0 Å². The first-order valence-corrected chi connectivity index (χ1v) is 10.7. The van der Waals surface area contributed by atoms with E-state index in [1.807, 2.05) is 12.4 Å². The van der Waals surface area contributed by atoms with Crippen LogP contribution in [-0.2, 0) is 0 Å². The van der Waals surface area contributed by atoms with Crippen molar-refractivity contribution in [3.05, 3.63) is 76.6 Å². The molecular weight excluding hydrogens is 354 g/mol. The normalized spacial score (nSPS) is 18.8. The lowest BCUT2D eigenvalue weighted by atomic mass is 9.84. The fourth-order valence-corrected chi connectivity index (χ4v) is 4.75. The highest BCUT2D eigenvalue weighted by Gasteiger charge is 2.29. The van der Waals surface area contributed by atoms with E-state index in [0.717, 1.165) is 18.1 Å². The third kappa shape index (κ3) is 4.19. The van der Waals surface area contributed by atoms with Crippen molar-refractivity contribution in [3.8, 4) is 11.1 Å². The Labute approximate surface area is 174 Å². The SMILES string of the molecule is Cc1cc(C)c(C2CCCC2CNc2ncc(-c3ccccc3C)cn2)cc1C. The van der Waals surface area contributed by atoms with Gasteiger partial charge in [-0.05, 0) is 85.8 Å². The minimum Gasteiger partial charge on any atom is -0.354 e. The van der Waals surface area contributed by atoms with Crippen LogP contribution in [0, 0.1) is 33.6 Å². The zero-order chi connectivity index (χ0) is 20.4. The average Bonchev–Trinajstić information content (AvgIpc) is 3.18. The molecule has 1 aliphatic rings. The van der Waals surface area contributed by atoms with E-state index in [1.165, 1.54) is 52.6 Å². The molecule has 3 nitrogen and oxygen atoms in total. The second kappa shape index (κ2) is 8.36. The van der Waals surface area contributed by atoms with Gasteiger partial charge in [-0.1, -0.05) is 42.8 Å². The van der Waals surface area contributed by atoms with Crippen molar-refractivity contribution >= 4 is 5.95 Å². The summed E-state index contributed by atoms with van der Waals surface area (Å²) in [5.41, 5.74) is 9.27. The Bertz CT molecular complexity index is 991. The van der Waals surface area contributed by atoms with Crippen LogP contribution >= 0.6 is 0 Å². The Morgan fingerprint density at radius 2 is 1.59 bits per heavy atom. The maximum atomic E-state index is 4.58. The monoisotopic (exact) mass is 385 g/mol. The lowest BCUT2D eigenvalue weighted by Gasteiger charge is -2.23. The fraction of sp³-hybridized carbons (Fsp3) is 0.385. The predicted octanol–water partition coefficient (Wildman–Crippen LogP) is 6.37. The number of rotatable bonds is 5. The number of aryl methyl sites for hydroxylation is 4. The first kappa shape index (κ1) is 19.6. The van der Waals surface area contributed by atoms with E-state index in [1.54, 1.807) is 0 Å². The van der Waals surface area contributed by atoms with Gasteiger partial charge in [0.05, 0.1) is 0 Å². The quantitative estimate of drug-likeness (QED) is 0.554. The summed E-state index contributed by atoms with van der Waals surface area (Å²) in [6.45, 7) is 9.75. The molecule has 29 heavy (non-hydrogen) atoms. The van der Waals surface area contributed by atoms with Crippen molar-refractivity contribution < 1.29 is 0 Å². The Morgan fingerprint density at radius 3 is 2.34 bits per heavy atom. The number of hydrogen-bond donors (Lipinski definition) is 1. The van der Waals surface area contributed by atoms with E-state index in [9.17, 15) is 0 Å². The molecule has 0 radical (unpaired) electrons. The second-order valence-corrected chi connectivity index (χ2v) is 8.58. The van der Waals surface area contributed by atoms with Crippen LogP contribution in [0.4, 0.5) is 5.95 Å². The predicted molar refractivity (Wildman–Crippen MR) is 121 cm³/mol. The number of hydrogen-bond acceptors (Lipinski definition) is 3. The highest BCUT2D eigenvalue weighted by molar-refractivity contribution is 5.65. The maximum absolute atomic E-state index is 4.58. The molecule has 150 valence electrons. The summed E-state index contributed by atoms with van der Waals surface area (Å²) in [5, 5.41) is 3.50. The van der Waals surface area contributed by atoms with Crippen LogP contribution in [0.2, 0.25) is 0 Å². The highest BCUT2D eigenvalue weighted by atomic mass is 15.1. The molecule has 1 heterocycles. The molecule has 2 atom stereocenters. The van der Waals surface area contributed by atoms with Gasteiger partial charge in [-0.2, -0.15) is 0 Å². The van der Waals surface area contributed by atoms with Gasteiger partial charge in [0.1, 0.15) is 0 Å². The topological polar surface area (TPSA) is 37.8 Å². The summed E-state index contributed by atoms with van der Waals surface area (Å²) < 4.78 is 0. The van der Waals surface area contributed by atoms with Crippen LogP contribution in [0.1, 0.15) is 53.0 Å². The fourth-order valence-electron chi connectivity index (χ4n) is 4.75. The minimum atomic E-state index is 0.632. The van der Waals surface area contributed by atoms with Gasteiger partial charge in [0.2, 0.25) is 5.95 Å². The van der Waals surface area contributed by atoms with Crippen molar-refractivity contribution in [1.82, 2.24) is 9.97 Å². The maximum Gasteiger partial charge on any atom is 0.222 e. The lowest BCUT2D eigenvalue weighted by Crippen LogP contribution is -2.19. The molecule has 3 aromatic rings. The number of anilines is 1. The minimum absolute atomic E-state index is 0.632. The molecule has 0 bridgehead atoms. The van der Waals surface area contributed by atoms with Gasteiger partial charge in [0.15, 0.2) is 0 Å². The number of nitrogens with one attached hydrogen (secondary N) is 1. The van der Waals surface area contributed by atoms with E-state index < -0.39 is 0 Å². The van der Waals surface area contributed by atoms with Crippen LogP contribution < -0.4 is 5.32 Å². The molecule has 4 rings (SSSR count). The molecule has 2 aromatic carbocycles. The van der Waals surface area contributed by atoms with E-state index in [0.29, 0.717) is 11.8 Å². The number of benzene rings is 2. The lowest BCUT2D eigenvalue weighted by molar-refractivity contribution is 0.506. The molecule has 0 amide bonds. The molecule has 0 saturated heterocycles. The molecule has 1 aromatic heterocycles. The van der Waals surface area contributed by atoms with Gasteiger partial charge in [-0.25, -0.2) is 9.97 Å². The molecule has 2 unspecified atom stereocenters. The Morgan fingerprint density at radius 1 is 0.862 bits per heavy atom. The molecule has 1 saturated carbocycles. The summed E-state index contributed by atoms with van der Waals surface area (Å²) in [6, 6.07) is 13.1. The van der Waals surface area contributed by atoms with E-state index in [-0.39, 0.29) is 0 Å². The van der Waals surface area contributed by atoms with Crippen molar-refractivity contribution in [3.63, 3.8) is 0 Å². The highest BCUT2D eigenvalue weighted by Crippen LogP contribution is 2.41. The molecule has 1 N–H and O–H groups in total. The largest absolute Gasteiger partial charge is 0.354 e. The van der Waals surface area contributed by atoms with Gasteiger partial charge in [-0.15, -0.1) is 0 Å². The summed E-state index contributed by atoms with van der Waals surface area (Å²) in [6.07, 6.45) is 7.71. The second-order valence-electron chi connectivity index (χ2n) is 8.58. The summed E-state index contributed by atoms with van der Waals surface area (Å²) >= 11 is 0. The van der Waals surface area contributed by atoms with Crippen molar-refractivity contribution in [2.75, 3.05) is 11.9 Å². The standard InChI is InChI=1S/C26H31N3/c1-17-8-5-6-10-23(17)22-15-28-26(29-16-22)27-14-21-9-7-11-24(21)25-13-19(3)18(2)12-20(25)4/h5-6,8,10,12-13,15-16,21,24H,7,9,11,14H2,1-4H3,(H,27,28,29). The van der Waals surface area contributed by atoms with E-state index in [2.05, 4.69) is 79.4 Å². The average molecular weight is 386 g/mol. The summed E-state index contributed by atoms with van der Waals surface area (Å²) in [5.74, 6) is 1.99. The summed E-state index contributed by atoms with van der Waals surface area (Å²) in [4.78, 5) is 9.15. The molecular formula is C26H31N3. The first-order chi connectivity index (χ1) is 14.0. The molecule has 1 fully saturated rings. The van der Waals surface area contributed by atoms with Crippen molar-refractivity contribution in [1.29, 1.82) is 0 Å². The molecule has 1 aliphatic carbocycles. The molecule has 3 heteroatoms. The van der Waals surface area contributed by atoms with Crippen LogP contribution in [-0.4, -0.2) is 16.5 Å². The Balaban J connectivity index is 1.45. The molecule has 0 aliphatic heterocycles. The van der Waals surface area contributed by atoms with Crippen LogP contribution in [0.15, 0.2) is 48.8 Å². The smallest absolute Gasteiger partial charge is 0.222 e. The number of aromatic nitrogens is 2. The van der Waals surface area contributed by atoms with E-state index in [4.69, 9.17) is 0 Å². The first-order valence-electron chi connectivity index (χ1n) is 10.7. The van der Waals surface area contributed by atoms with Crippen LogP contribution in [0.3, 0.4) is 0 Å². The van der Waals surface area contributed by atoms with Crippen molar-refractivity contribution in [2.24, 2.45) is 5.92 Å². The molecule has 0 spiro atoms. The van der Waals surface area contributed by atoms with Gasteiger partial charge in [0.25, 0.3) is 0 Å². The zero-order valence-corrected chi connectivity index (χ0v) is 18.0. The van der Waals surface area contributed by atoms with Gasteiger partial charge >= 0.3 is 0 Å². The Kier molecular flexibility index (Phi) is 5.66. The van der Waals surface area contributed by atoms with Crippen LogP contribution in [0.25, 0.3) is 11.1 Å². The summed E-state index contributed by atoms with van der Waals surface area (Å²) in [7, 11) is 0. The van der Waals surface area contributed by atoms with E-state index >= 15 is 0 Å². The van der Waals surface area contributed by atoms with Gasteiger partial charge in [0, 0.05) is 24.5 Å². The third-order valence-electron chi connectivity index (χ3n) is 6.57. The number of nitrogens with zero attached hydrogens (tertiary/aromatic N) is 2. The van der Waals surface area contributed by atoms with Crippen LogP contribution in [0.5, 0.6) is 0 Å². The van der Waals surface area contributed by atoms with Gasteiger partial charge < -0.3 is 5.32 Å².